The molecule has 138 valence electrons. The smallest absolute Gasteiger partial charge is 0.317 e. The Labute approximate surface area is 150 Å². The van der Waals surface area contributed by atoms with Gasteiger partial charge in [-0.1, -0.05) is 26.0 Å². The van der Waals surface area contributed by atoms with Crippen LogP contribution in [-0.2, 0) is 6.42 Å². The average Bonchev–Trinajstić information content (AvgIpc) is 3.02. The third-order valence-electron chi connectivity index (χ3n) is 4.56. The predicted octanol–water partition coefficient (Wildman–Crippen LogP) is 2.64. The molecular formula is C19H31N5O. The fraction of sp³-hybridized carbons (Fsp3) is 0.579. The van der Waals surface area contributed by atoms with Crippen molar-refractivity contribution in [2.75, 3.05) is 40.3 Å². The van der Waals surface area contributed by atoms with Gasteiger partial charge in [0, 0.05) is 33.1 Å². The number of likely N-dealkylation sites (N-methyl/N-ethyl adjacent to an activating group) is 1. The Bertz CT molecular complexity index is 696. The molecule has 2 amide bonds. The molecule has 6 nitrogen and oxygen atoms in total. The third-order valence-corrected chi connectivity index (χ3v) is 4.56. The molecule has 2 aromatic rings. The van der Waals surface area contributed by atoms with Crippen LogP contribution in [0.25, 0.3) is 11.0 Å². The standard InChI is InChI=1S/C19H31N5O/c1-6-23(4)13-14(2)12-20-19(25)24(5)11-10-17-21-16-9-7-8-15(3)18(16)22-17/h7-9,14H,6,10-13H2,1-5H3,(H,20,25)(H,21,22)/t14-/m0/s1. The predicted molar refractivity (Wildman–Crippen MR) is 103 cm³/mol. The molecule has 0 unspecified atom stereocenters. The Morgan fingerprint density at radius 1 is 1.36 bits per heavy atom. The van der Waals surface area contributed by atoms with Gasteiger partial charge in [0.05, 0.1) is 11.0 Å². The van der Waals surface area contributed by atoms with Gasteiger partial charge >= 0.3 is 6.03 Å². The first kappa shape index (κ1) is 19.2. The zero-order valence-corrected chi connectivity index (χ0v) is 16.1. The summed E-state index contributed by atoms with van der Waals surface area (Å²) in [4.78, 5) is 24.2. The average molecular weight is 345 g/mol. The first-order valence-electron chi connectivity index (χ1n) is 9.02. The minimum atomic E-state index is -0.0294. The highest BCUT2D eigenvalue weighted by atomic mass is 16.2. The molecule has 25 heavy (non-hydrogen) atoms. The number of hydrogen-bond donors (Lipinski definition) is 2. The van der Waals surface area contributed by atoms with Crippen molar-refractivity contribution in [2.45, 2.75) is 27.2 Å². The normalized spacial score (nSPS) is 12.6. The van der Waals surface area contributed by atoms with Gasteiger partial charge in [-0.3, -0.25) is 0 Å². The number of imidazole rings is 1. The minimum Gasteiger partial charge on any atom is -0.342 e. The molecule has 2 rings (SSSR count). The summed E-state index contributed by atoms with van der Waals surface area (Å²) in [6.07, 6.45) is 0.714. The number of H-pyrrole nitrogens is 1. The van der Waals surface area contributed by atoms with Crippen molar-refractivity contribution in [1.82, 2.24) is 25.1 Å². The van der Waals surface area contributed by atoms with E-state index < -0.39 is 0 Å². The van der Waals surface area contributed by atoms with Crippen LogP contribution in [-0.4, -0.2) is 66.1 Å². The van der Waals surface area contributed by atoms with Crippen LogP contribution in [0.3, 0.4) is 0 Å². The SMILES string of the molecule is CCN(C)C[C@@H](C)CNC(=O)N(C)CCc1nc2c(C)cccc2[nH]1. The zero-order valence-electron chi connectivity index (χ0n) is 16.1. The molecule has 0 saturated heterocycles. The molecule has 1 aromatic heterocycles. The quantitative estimate of drug-likeness (QED) is 0.773. The van der Waals surface area contributed by atoms with Crippen LogP contribution in [0.1, 0.15) is 25.2 Å². The van der Waals surface area contributed by atoms with Gasteiger partial charge in [0.1, 0.15) is 5.82 Å². The zero-order chi connectivity index (χ0) is 18.4. The fourth-order valence-electron chi connectivity index (χ4n) is 2.84. The number of rotatable bonds is 8. The second-order valence-electron chi connectivity index (χ2n) is 6.97. The number of urea groups is 1. The molecule has 0 fully saturated rings. The van der Waals surface area contributed by atoms with Crippen molar-refractivity contribution >= 4 is 17.1 Å². The van der Waals surface area contributed by atoms with Gasteiger partial charge in [-0.25, -0.2) is 9.78 Å². The molecule has 0 aliphatic rings. The summed E-state index contributed by atoms with van der Waals surface area (Å²) in [6, 6.07) is 6.09. The first-order valence-corrected chi connectivity index (χ1v) is 9.02. The number of carbonyl (C=O) groups is 1. The van der Waals surface area contributed by atoms with E-state index in [1.165, 1.54) is 0 Å². The highest BCUT2D eigenvalue weighted by Gasteiger charge is 2.12. The molecular weight excluding hydrogens is 314 g/mol. The summed E-state index contributed by atoms with van der Waals surface area (Å²) < 4.78 is 0. The van der Waals surface area contributed by atoms with E-state index in [-0.39, 0.29) is 6.03 Å². The van der Waals surface area contributed by atoms with Crippen molar-refractivity contribution in [3.8, 4) is 0 Å². The van der Waals surface area contributed by atoms with Gasteiger partial charge in [-0.2, -0.15) is 0 Å². The number of amides is 2. The maximum absolute atomic E-state index is 12.2. The van der Waals surface area contributed by atoms with Crippen LogP contribution in [0.4, 0.5) is 4.79 Å². The monoisotopic (exact) mass is 345 g/mol. The first-order chi connectivity index (χ1) is 11.9. The summed E-state index contributed by atoms with van der Waals surface area (Å²) >= 11 is 0. The number of nitrogens with zero attached hydrogens (tertiary/aromatic N) is 3. The van der Waals surface area contributed by atoms with E-state index >= 15 is 0 Å². The largest absolute Gasteiger partial charge is 0.342 e. The Morgan fingerprint density at radius 3 is 2.80 bits per heavy atom. The van der Waals surface area contributed by atoms with Gasteiger partial charge in [0.2, 0.25) is 0 Å². The lowest BCUT2D eigenvalue weighted by atomic mass is 10.1. The molecule has 0 aliphatic heterocycles. The second kappa shape index (κ2) is 8.85. The van der Waals surface area contributed by atoms with Crippen molar-refractivity contribution < 1.29 is 4.79 Å². The number of hydrogen-bond acceptors (Lipinski definition) is 3. The molecule has 0 spiro atoms. The van der Waals surface area contributed by atoms with Crippen LogP contribution in [0.15, 0.2) is 18.2 Å². The summed E-state index contributed by atoms with van der Waals surface area (Å²) in [6.45, 7) is 9.69. The summed E-state index contributed by atoms with van der Waals surface area (Å²) in [7, 11) is 3.92. The number of fused-ring (bicyclic) bond motifs is 1. The Kier molecular flexibility index (Phi) is 6.82. The van der Waals surface area contributed by atoms with Crippen LogP contribution < -0.4 is 5.32 Å². The van der Waals surface area contributed by atoms with Crippen molar-refractivity contribution in [3.63, 3.8) is 0 Å². The maximum Gasteiger partial charge on any atom is 0.317 e. The van der Waals surface area contributed by atoms with Gasteiger partial charge in [-0.05, 0) is 38.1 Å². The van der Waals surface area contributed by atoms with E-state index in [1.54, 1.807) is 4.90 Å². The van der Waals surface area contributed by atoms with Crippen LogP contribution >= 0.6 is 0 Å². The number of carbonyl (C=O) groups excluding carboxylic acids is 1. The molecule has 6 heteroatoms. The molecule has 0 aliphatic carbocycles. The van der Waals surface area contributed by atoms with Gasteiger partial charge < -0.3 is 20.1 Å². The lowest BCUT2D eigenvalue weighted by molar-refractivity contribution is 0.205. The summed E-state index contributed by atoms with van der Waals surface area (Å²) in [5.74, 6) is 1.35. The third kappa shape index (κ3) is 5.46. The highest BCUT2D eigenvalue weighted by molar-refractivity contribution is 5.78. The van der Waals surface area contributed by atoms with Crippen molar-refractivity contribution in [1.29, 1.82) is 0 Å². The van der Waals surface area contributed by atoms with E-state index in [0.29, 0.717) is 25.4 Å². The number of aryl methyl sites for hydroxylation is 1. The molecule has 2 N–H and O–H groups in total. The number of benzene rings is 1. The molecule has 0 bridgehead atoms. The van der Waals surface area contributed by atoms with Crippen LogP contribution in [0.5, 0.6) is 0 Å². The lowest BCUT2D eigenvalue weighted by Gasteiger charge is -2.22. The Hall–Kier alpha value is -2.08. The van der Waals surface area contributed by atoms with Crippen LogP contribution in [0.2, 0.25) is 0 Å². The number of nitrogens with one attached hydrogen (secondary N) is 2. The fourth-order valence-corrected chi connectivity index (χ4v) is 2.84. The van der Waals surface area contributed by atoms with E-state index in [4.69, 9.17) is 0 Å². The summed E-state index contributed by atoms with van der Waals surface area (Å²) in [5.41, 5.74) is 3.23. The van der Waals surface area contributed by atoms with Gasteiger partial charge in [0.15, 0.2) is 0 Å². The molecule has 1 atom stereocenters. The van der Waals surface area contributed by atoms with Crippen molar-refractivity contribution in [2.24, 2.45) is 5.92 Å². The lowest BCUT2D eigenvalue weighted by Crippen LogP contribution is -2.41. The van der Waals surface area contributed by atoms with Gasteiger partial charge in [0.25, 0.3) is 0 Å². The number of aromatic amines is 1. The topological polar surface area (TPSA) is 64.3 Å². The maximum atomic E-state index is 12.2. The highest BCUT2D eigenvalue weighted by Crippen LogP contribution is 2.15. The van der Waals surface area contributed by atoms with Crippen molar-refractivity contribution in [3.05, 3.63) is 29.6 Å². The number of para-hydroxylation sites is 1. The molecule has 0 saturated carbocycles. The number of aromatic nitrogens is 2. The minimum absolute atomic E-state index is 0.0294. The van der Waals surface area contributed by atoms with E-state index in [0.717, 1.165) is 35.5 Å². The van der Waals surface area contributed by atoms with Gasteiger partial charge in [-0.15, -0.1) is 0 Å². The second-order valence-corrected chi connectivity index (χ2v) is 6.97. The molecule has 1 heterocycles. The Balaban J connectivity index is 1.79. The molecule has 0 radical (unpaired) electrons. The van der Waals surface area contributed by atoms with E-state index in [9.17, 15) is 4.79 Å². The van der Waals surface area contributed by atoms with E-state index in [1.807, 2.05) is 19.2 Å². The van der Waals surface area contributed by atoms with E-state index in [2.05, 4.69) is 54.1 Å². The summed E-state index contributed by atoms with van der Waals surface area (Å²) in [5, 5.41) is 3.01. The Morgan fingerprint density at radius 2 is 2.12 bits per heavy atom. The van der Waals surface area contributed by atoms with Crippen LogP contribution in [0, 0.1) is 12.8 Å². The molecule has 1 aromatic carbocycles.